The second-order valence-electron chi connectivity index (χ2n) is 5.62. The van der Waals surface area contributed by atoms with E-state index in [2.05, 4.69) is 6.92 Å². The van der Waals surface area contributed by atoms with Gasteiger partial charge >= 0.3 is 51.4 Å². The van der Waals surface area contributed by atoms with E-state index in [1.54, 1.807) is 30.3 Å². The molecule has 0 unspecified atom stereocenters. The number of hydrogen-bond donors (Lipinski definition) is 1. The number of ether oxygens (including phenoxy) is 1. The molecule has 0 aliphatic carbocycles. The number of rotatable bonds is 8. The van der Waals surface area contributed by atoms with Gasteiger partial charge in [0.1, 0.15) is 16.4 Å². The van der Waals surface area contributed by atoms with Crippen molar-refractivity contribution in [2.45, 2.75) is 43.9 Å². The number of benzene rings is 2. The van der Waals surface area contributed by atoms with Crippen LogP contribution in [0.4, 0.5) is 0 Å². The minimum Gasteiger partial charge on any atom is -0.871 e. The van der Waals surface area contributed by atoms with E-state index < -0.39 is 20.8 Å². The van der Waals surface area contributed by atoms with Gasteiger partial charge in [0.15, 0.2) is 0 Å². The van der Waals surface area contributed by atoms with E-state index in [1.807, 2.05) is 0 Å². The maximum absolute atomic E-state index is 12.2. The summed E-state index contributed by atoms with van der Waals surface area (Å²) in [5.41, 5.74) is 0.703. The first-order valence-corrected chi connectivity index (χ1v) is 9.40. The number of para-hydroxylation sites is 1. The summed E-state index contributed by atoms with van der Waals surface area (Å²) < 4.78 is 38.0. The molecule has 130 valence electrons. The van der Waals surface area contributed by atoms with Crippen LogP contribution in [0.5, 0.6) is 17.2 Å². The van der Waals surface area contributed by atoms with Crippen molar-refractivity contribution in [3.8, 4) is 17.2 Å². The van der Waals surface area contributed by atoms with Gasteiger partial charge in [-0.1, -0.05) is 56.2 Å². The van der Waals surface area contributed by atoms with Crippen LogP contribution in [-0.4, -0.2) is 13.0 Å². The van der Waals surface area contributed by atoms with E-state index in [4.69, 9.17) is 4.74 Å². The maximum atomic E-state index is 12.2. The zero-order valence-electron chi connectivity index (χ0n) is 14.6. The van der Waals surface area contributed by atoms with E-state index in [0.29, 0.717) is 17.7 Å². The van der Waals surface area contributed by atoms with E-state index >= 15 is 0 Å². The topological polar surface area (TPSA) is 86.7 Å². The first-order chi connectivity index (χ1) is 11.4. The van der Waals surface area contributed by atoms with Gasteiger partial charge in [-0.3, -0.25) is 4.55 Å². The zero-order chi connectivity index (χ0) is 17.6. The van der Waals surface area contributed by atoms with E-state index in [-0.39, 0.29) is 57.1 Å². The fourth-order valence-electron chi connectivity index (χ4n) is 2.48. The molecule has 2 aromatic rings. The summed E-state index contributed by atoms with van der Waals surface area (Å²) in [7, 11) is -4.67. The fraction of sp³-hybridized carbons (Fsp3) is 0.333. The molecule has 0 saturated heterocycles. The second-order valence-corrected chi connectivity index (χ2v) is 6.98. The molecule has 0 aromatic heterocycles. The Bertz CT molecular complexity index is 776. The van der Waals surface area contributed by atoms with Crippen molar-refractivity contribution in [1.82, 2.24) is 0 Å². The fourth-order valence-corrected chi connectivity index (χ4v) is 3.14. The van der Waals surface area contributed by atoms with Crippen LogP contribution < -0.4 is 61.2 Å². The smallest absolute Gasteiger partial charge is 0.871 e. The maximum Gasteiger partial charge on any atom is 1.00 e. The summed E-state index contributed by atoms with van der Waals surface area (Å²) in [6, 6.07) is 11.3. The van der Waals surface area contributed by atoms with Crippen molar-refractivity contribution in [2.75, 3.05) is 0 Å². The first kappa shape index (κ1) is 22.6. The Labute approximate surface area is 191 Å². The molecule has 5 nitrogen and oxygen atoms in total. The summed E-state index contributed by atoms with van der Waals surface area (Å²) in [6.07, 6.45) is 4.83. The molecule has 0 aliphatic rings. The molecule has 0 aliphatic heterocycles. The van der Waals surface area contributed by atoms with Crippen LogP contribution in [-0.2, 0) is 16.5 Å². The molecule has 0 bridgehead atoms. The minimum atomic E-state index is -4.67. The molecule has 0 heterocycles. The van der Waals surface area contributed by atoms with Gasteiger partial charge in [0.2, 0.25) is 0 Å². The Morgan fingerprint density at radius 1 is 1.08 bits per heavy atom. The quantitative estimate of drug-likeness (QED) is 0.413. The summed E-state index contributed by atoms with van der Waals surface area (Å²) in [4.78, 5) is -0.719. The number of unbranched alkanes of at least 4 members (excludes halogenated alkanes) is 3. The Morgan fingerprint density at radius 3 is 2.36 bits per heavy atom. The third-order valence-corrected chi connectivity index (χ3v) is 4.55. The average molecular weight is 389 g/mol. The summed E-state index contributed by atoms with van der Waals surface area (Å²) in [5.74, 6) is -0.497. The Hall–Kier alpha value is -0.414. The molecule has 0 atom stereocenters. The normalized spacial score (nSPS) is 11.0. The average Bonchev–Trinajstić information content (AvgIpc) is 2.51. The molecular formula is C18H21KO5S. The summed E-state index contributed by atoms with van der Waals surface area (Å²) >= 11 is 0. The van der Waals surface area contributed by atoms with Crippen LogP contribution >= 0.6 is 0 Å². The molecule has 0 spiro atoms. The van der Waals surface area contributed by atoms with Crippen molar-refractivity contribution < 1.29 is 74.2 Å². The van der Waals surface area contributed by atoms with Crippen molar-refractivity contribution in [3.63, 3.8) is 0 Å². The van der Waals surface area contributed by atoms with Gasteiger partial charge in [0.05, 0.1) is 0 Å². The predicted octanol–water partition coefficient (Wildman–Crippen LogP) is 0.926. The van der Waals surface area contributed by atoms with Crippen molar-refractivity contribution >= 4 is 10.1 Å². The largest absolute Gasteiger partial charge is 1.00 e. The van der Waals surface area contributed by atoms with Gasteiger partial charge in [-0.25, -0.2) is 0 Å². The monoisotopic (exact) mass is 388 g/mol. The Morgan fingerprint density at radius 2 is 1.76 bits per heavy atom. The van der Waals surface area contributed by atoms with Crippen LogP contribution in [0.25, 0.3) is 0 Å². The van der Waals surface area contributed by atoms with Crippen molar-refractivity contribution in [3.05, 3.63) is 48.0 Å². The SMILES string of the molecule is CCCCCCc1cc([O-])c(S(=O)(=O)O)c(Oc2ccccc2)c1.[K+]. The number of hydrogen-bond acceptors (Lipinski definition) is 4. The third-order valence-electron chi connectivity index (χ3n) is 3.63. The molecule has 2 rings (SSSR count). The third kappa shape index (κ3) is 7.01. The summed E-state index contributed by atoms with van der Waals surface area (Å²) in [6.45, 7) is 2.11. The van der Waals surface area contributed by atoms with E-state index in [9.17, 15) is 18.1 Å². The van der Waals surface area contributed by atoms with Gasteiger partial charge in [-0.05, 0) is 36.6 Å². The molecule has 7 heteroatoms. The molecule has 0 saturated carbocycles. The molecule has 0 amide bonds. The van der Waals surface area contributed by atoms with Gasteiger partial charge in [0, 0.05) is 0 Å². The second kappa shape index (κ2) is 10.7. The predicted molar refractivity (Wildman–Crippen MR) is 90.1 cm³/mol. The molecule has 25 heavy (non-hydrogen) atoms. The molecular weight excluding hydrogens is 367 g/mol. The first-order valence-electron chi connectivity index (χ1n) is 7.96. The van der Waals surface area contributed by atoms with E-state index in [1.165, 1.54) is 12.1 Å². The van der Waals surface area contributed by atoms with Crippen molar-refractivity contribution in [1.29, 1.82) is 0 Å². The van der Waals surface area contributed by atoms with Crippen LogP contribution in [0.15, 0.2) is 47.4 Å². The Kier molecular flexibility index (Phi) is 9.65. The zero-order valence-corrected chi connectivity index (χ0v) is 18.5. The van der Waals surface area contributed by atoms with E-state index in [0.717, 1.165) is 25.7 Å². The molecule has 2 aromatic carbocycles. The molecule has 1 N–H and O–H groups in total. The minimum absolute atomic E-state index is 0. The van der Waals surface area contributed by atoms with Crippen LogP contribution in [0.3, 0.4) is 0 Å². The summed E-state index contributed by atoms with van der Waals surface area (Å²) in [5, 5.41) is 12.2. The van der Waals surface area contributed by atoms with Crippen LogP contribution in [0.1, 0.15) is 38.2 Å². The van der Waals surface area contributed by atoms with Gasteiger partial charge in [0.25, 0.3) is 10.1 Å². The molecule has 0 radical (unpaired) electrons. The molecule has 0 fully saturated rings. The van der Waals surface area contributed by atoms with Gasteiger partial charge in [-0.2, -0.15) is 8.42 Å². The Balaban J connectivity index is 0.00000312. The van der Waals surface area contributed by atoms with Gasteiger partial charge in [-0.15, -0.1) is 0 Å². The standard InChI is InChI=1S/C18H22O5S.K/c1-2-3-4-6-9-14-12-16(19)18(24(20,21)22)17(13-14)23-15-10-7-5-8-11-15;/h5,7-8,10-13,19H,2-4,6,9H2,1H3,(H,20,21,22);/q;+1/p-1. The van der Waals surface area contributed by atoms with Crippen molar-refractivity contribution in [2.24, 2.45) is 0 Å². The van der Waals surface area contributed by atoms with Crippen LogP contribution in [0, 0.1) is 0 Å². The number of aryl methyl sites for hydroxylation is 1. The van der Waals surface area contributed by atoms with Crippen LogP contribution in [0.2, 0.25) is 0 Å². The van der Waals surface area contributed by atoms with Gasteiger partial charge < -0.3 is 9.84 Å².